The van der Waals surface area contributed by atoms with Gasteiger partial charge in [-0.05, 0) is 69.5 Å². The van der Waals surface area contributed by atoms with E-state index in [-0.39, 0.29) is 11.4 Å². The maximum atomic E-state index is 13.2. The molecule has 8 heteroatoms. The Balaban J connectivity index is 1.99. The monoisotopic (exact) mass is 473 g/mol. The van der Waals surface area contributed by atoms with E-state index < -0.39 is 21.6 Å². The molecular weight excluding hydrogens is 442 g/mol. The fourth-order valence-corrected chi connectivity index (χ4v) is 5.20. The van der Waals surface area contributed by atoms with E-state index in [4.69, 9.17) is 14.2 Å². The third kappa shape index (κ3) is 5.57. The summed E-state index contributed by atoms with van der Waals surface area (Å²) in [5.74, 6) is 0.487. The number of fused-ring (bicyclic) bond motifs is 1. The number of carbonyl (C=O) groups is 1. The Bertz CT molecular complexity index is 1160. The SMILES string of the molecule is COc1cc2c(c(/C=C/C(=O)OC(C)(C)C)c1OC)CCN(S(=O)(=O)c1ccc(C)cc1)C2. The Morgan fingerprint density at radius 2 is 1.76 bits per heavy atom. The van der Waals surface area contributed by atoms with Crippen molar-refractivity contribution in [3.05, 3.63) is 58.7 Å². The smallest absolute Gasteiger partial charge is 0.331 e. The third-order valence-corrected chi connectivity index (χ3v) is 7.18. The van der Waals surface area contributed by atoms with Crippen molar-refractivity contribution < 1.29 is 27.4 Å². The van der Waals surface area contributed by atoms with Gasteiger partial charge in [-0.1, -0.05) is 17.7 Å². The molecule has 0 unspecified atom stereocenters. The van der Waals surface area contributed by atoms with Gasteiger partial charge in [-0.3, -0.25) is 0 Å². The lowest BCUT2D eigenvalue weighted by Gasteiger charge is -2.30. The molecule has 0 N–H and O–H groups in total. The van der Waals surface area contributed by atoms with E-state index in [1.807, 2.05) is 6.92 Å². The lowest BCUT2D eigenvalue weighted by atomic mass is 9.93. The quantitative estimate of drug-likeness (QED) is 0.464. The summed E-state index contributed by atoms with van der Waals surface area (Å²) in [5.41, 5.74) is 2.80. The van der Waals surface area contributed by atoms with Gasteiger partial charge in [0.1, 0.15) is 5.60 Å². The third-order valence-electron chi connectivity index (χ3n) is 5.32. The number of hydrogen-bond acceptors (Lipinski definition) is 6. The van der Waals surface area contributed by atoms with E-state index >= 15 is 0 Å². The molecule has 33 heavy (non-hydrogen) atoms. The van der Waals surface area contributed by atoms with Crippen LogP contribution in [0.3, 0.4) is 0 Å². The van der Waals surface area contributed by atoms with E-state index in [1.54, 1.807) is 57.2 Å². The molecule has 1 heterocycles. The number of hydrogen-bond donors (Lipinski definition) is 0. The summed E-state index contributed by atoms with van der Waals surface area (Å²) < 4.78 is 44.3. The average Bonchev–Trinajstić information content (AvgIpc) is 2.75. The number of sulfonamides is 1. The molecule has 0 aromatic heterocycles. The van der Waals surface area contributed by atoms with Crippen LogP contribution in [-0.4, -0.2) is 45.1 Å². The summed E-state index contributed by atoms with van der Waals surface area (Å²) in [4.78, 5) is 12.5. The first-order valence-corrected chi connectivity index (χ1v) is 12.1. The van der Waals surface area contributed by atoms with Crippen molar-refractivity contribution >= 4 is 22.1 Å². The van der Waals surface area contributed by atoms with Crippen LogP contribution in [-0.2, 0) is 32.5 Å². The second-order valence-corrected chi connectivity index (χ2v) is 10.9. The first-order valence-electron chi connectivity index (χ1n) is 10.7. The van der Waals surface area contributed by atoms with Crippen LogP contribution in [0.2, 0.25) is 0 Å². The van der Waals surface area contributed by atoms with Crippen molar-refractivity contribution in [3.63, 3.8) is 0 Å². The van der Waals surface area contributed by atoms with Crippen LogP contribution >= 0.6 is 0 Å². The van der Waals surface area contributed by atoms with Gasteiger partial charge in [-0.2, -0.15) is 4.31 Å². The molecule has 0 saturated heterocycles. The minimum Gasteiger partial charge on any atom is -0.493 e. The van der Waals surface area contributed by atoms with Gasteiger partial charge in [0, 0.05) is 24.7 Å². The van der Waals surface area contributed by atoms with Gasteiger partial charge in [0.05, 0.1) is 19.1 Å². The molecule has 1 aliphatic rings. The number of nitrogens with zero attached hydrogens (tertiary/aromatic N) is 1. The maximum absolute atomic E-state index is 13.2. The van der Waals surface area contributed by atoms with E-state index in [2.05, 4.69) is 0 Å². The highest BCUT2D eigenvalue weighted by Gasteiger charge is 2.31. The van der Waals surface area contributed by atoms with Crippen LogP contribution in [0.25, 0.3) is 6.08 Å². The van der Waals surface area contributed by atoms with Gasteiger partial charge in [0.15, 0.2) is 11.5 Å². The van der Waals surface area contributed by atoms with Gasteiger partial charge < -0.3 is 14.2 Å². The topological polar surface area (TPSA) is 82.1 Å². The molecule has 0 atom stereocenters. The lowest BCUT2D eigenvalue weighted by Crippen LogP contribution is -2.36. The molecule has 0 amide bonds. The van der Waals surface area contributed by atoms with Gasteiger partial charge >= 0.3 is 5.97 Å². The van der Waals surface area contributed by atoms with Crippen LogP contribution in [0, 0.1) is 6.92 Å². The van der Waals surface area contributed by atoms with E-state index in [0.717, 1.165) is 16.7 Å². The summed E-state index contributed by atoms with van der Waals surface area (Å²) in [6, 6.07) is 8.64. The Hall–Kier alpha value is -2.84. The number of benzene rings is 2. The van der Waals surface area contributed by atoms with Crippen molar-refractivity contribution in [2.24, 2.45) is 0 Å². The molecule has 1 aliphatic heterocycles. The molecule has 178 valence electrons. The van der Waals surface area contributed by atoms with Crippen molar-refractivity contribution in [1.82, 2.24) is 4.31 Å². The second kappa shape index (κ2) is 9.57. The fraction of sp³-hybridized carbons (Fsp3) is 0.400. The molecule has 0 aliphatic carbocycles. The highest BCUT2D eigenvalue weighted by molar-refractivity contribution is 7.89. The Morgan fingerprint density at radius 1 is 1.09 bits per heavy atom. The van der Waals surface area contributed by atoms with E-state index in [1.165, 1.54) is 24.6 Å². The zero-order chi connectivity index (χ0) is 24.4. The molecule has 0 bridgehead atoms. The molecule has 0 radical (unpaired) electrons. The van der Waals surface area contributed by atoms with Crippen molar-refractivity contribution in [1.29, 1.82) is 0 Å². The fourth-order valence-electron chi connectivity index (χ4n) is 3.79. The molecule has 2 aromatic rings. The first-order chi connectivity index (χ1) is 15.5. The summed E-state index contributed by atoms with van der Waals surface area (Å²) in [6.45, 7) is 7.83. The Labute approximate surface area is 196 Å². The number of aryl methyl sites for hydroxylation is 1. The van der Waals surface area contributed by atoms with E-state index in [9.17, 15) is 13.2 Å². The van der Waals surface area contributed by atoms with Crippen molar-refractivity contribution in [2.75, 3.05) is 20.8 Å². The van der Waals surface area contributed by atoms with E-state index in [0.29, 0.717) is 30.0 Å². The molecule has 0 saturated carbocycles. The van der Waals surface area contributed by atoms with Crippen LogP contribution in [0.5, 0.6) is 11.5 Å². The van der Waals surface area contributed by atoms with Gasteiger partial charge in [0.25, 0.3) is 0 Å². The normalized spacial score (nSPS) is 14.7. The summed E-state index contributed by atoms with van der Waals surface area (Å²) in [5, 5.41) is 0. The molecule has 7 nitrogen and oxygen atoms in total. The zero-order valence-electron chi connectivity index (χ0n) is 20.0. The van der Waals surface area contributed by atoms with Crippen LogP contribution in [0.15, 0.2) is 41.3 Å². The van der Waals surface area contributed by atoms with Gasteiger partial charge in [0.2, 0.25) is 10.0 Å². The predicted molar refractivity (Wildman–Crippen MR) is 127 cm³/mol. The van der Waals surface area contributed by atoms with Gasteiger partial charge in [-0.15, -0.1) is 0 Å². The number of esters is 1. The summed E-state index contributed by atoms with van der Waals surface area (Å²) >= 11 is 0. The first kappa shape index (κ1) is 24.8. The highest BCUT2D eigenvalue weighted by atomic mass is 32.2. The largest absolute Gasteiger partial charge is 0.493 e. The van der Waals surface area contributed by atoms with Gasteiger partial charge in [-0.25, -0.2) is 13.2 Å². The van der Waals surface area contributed by atoms with Crippen LogP contribution < -0.4 is 9.47 Å². The molecular formula is C25H31NO6S. The summed E-state index contributed by atoms with van der Waals surface area (Å²) in [7, 11) is -0.590. The molecule has 0 fully saturated rings. The van der Waals surface area contributed by atoms with Crippen LogP contribution in [0.4, 0.5) is 0 Å². The Morgan fingerprint density at radius 3 is 2.33 bits per heavy atom. The average molecular weight is 474 g/mol. The number of methoxy groups -OCH3 is 2. The predicted octanol–water partition coefficient (Wildman–Crippen LogP) is 4.11. The molecule has 3 rings (SSSR count). The highest BCUT2D eigenvalue weighted by Crippen LogP contribution is 2.40. The van der Waals surface area contributed by atoms with Crippen LogP contribution in [0.1, 0.15) is 43.0 Å². The number of rotatable bonds is 6. The minimum absolute atomic E-state index is 0.194. The Kier molecular flexibility index (Phi) is 7.19. The zero-order valence-corrected chi connectivity index (χ0v) is 20.8. The number of ether oxygens (including phenoxy) is 3. The number of carbonyl (C=O) groups excluding carboxylic acids is 1. The van der Waals surface area contributed by atoms with Crippen molar-refractivity contribution in [3.8, 4) is 11.5 Å². The van der Waals surface area contributed by atoms with Crippen molar-refractivity contribution in [2.45, 2.75) is 51.2 Å². The standard InChI is InChI=1S/C25H31NO6S/c1-17-7-9-19(10-8-17)33(28,29)26-14-13-20-18(16-26)15-22(30-5)24(31-6)21(20)11-12-23(27)32-25(2,3)4/h7-12,15H,13-14,16H2,1-6H3/b12-11+. The molecule has 2 aromatic carbocycles. The molecule has 0 spiro atoms. The maximum Gasteiger partial charge on any atom is 0.331 e. The lowest BCUT2D eigenvalue weighted by molar-refractivity contribution is -0.148. The summed E-state index contributed by atoms with van der Waals surface area (Å²) in [6.07, 6.45) is 3.48. The minimum atomic E-state index is -3.65. The second-order valence-electron chi connectivity index (χ2n) is 8.93.